The zero-order chi connectivity index (χ0) is 18.3. The first kappa shape index (κ1) is 16.5. The number of carbonyl (C=O) groups is 1. The quantitative estimate of drug-likeness (QED) is 0.781. The number of benzene rings is 1. The van der Waals surface area contributed by atoms with Gasteiger partial charge in [0.25, 0.3) is 0 Å². The van der Waals surface area contributed by atoms with E-state index < -0.39 is 5.91 Å². The standard InChI is InChI=1S/C19H21N5O2/c1-12-10-23(11-13(2)26-12)18-7-6-17-21-9-16(24(17)22-18)14-4-3-5-15(8-14)19(20)25/h3-9,12-13H,10-11H2,1-2H3,(H2,20,25)/t12-,13+. The summed E-state index contributed by atoms with van der Waals surface area (Å²) in [5.41, 5.74) is 8.28. The van der Waals surface area contributed by atoms with Gasteiger partial charge in [0.05, 0.1) is 24.1 Å². The van der Waals surface area contributed by atoms with Gasteiger partial charge in [0, 0.05) is 24.2 Å². The molecule has 0 saturated carbocycles. The van der Waals surface area contributed by atoms with Crippen molar-refractivity contribution in [3.8, 4) is 11.3 Å². The molecule has 2 atom stereocenters. The van der Waals surface area contributed by atoms with Crippen molar-refractivity contribution in [3.05, 3.63) is 48.2 Å². The summed E-state index contributed by atoms with van der Waals surface area (Å²) in [5, 5.41) is 4.79. The number of anilines is 1. The van der Waals surface area contributed by atoms with E-state index in [1.807, 2.05) is 24.3 Å². The Morgan fingerprint density at radius 2 is 1.96 bits per heavy atom. The molecule has 1 amide bonds. The second-order valence-corrected chi connectivity index (χ2v) is 6.71. The molecule has 0 spiro atoms. The minimum absolute atomic E-state index is 0.158. The fraction of sp³-hybridized carbons (Fsp3) is 0.316. The van der Waals surface area contributed by atoms with E-state index in [2.05, 4.69) is 23.7 Å². The van der Waals surface area contributed by atoms with Crippen LogP contribution in [0.5, 0.6) is 0 Å². The number of rotatable bonds is 3. The maximum absolute atomic E-state index is 11.5. The Hall–Kier alpha value is -2.93. The lowest BCUT2D eigenvalue weighted by Crippen LogP contribution is -2.46. The number of aromatic nitrogens is 3. The fourth-order valence-electron chi connectivity index (χ4n) is 3.43. The third-order valence-electron chi connectivity index (χ3n) is 4.53. The normalized spacial score (nSPS) is 20.5. The van der Waals surface area contributed by atoms with Gasteiger partial charge in [-0.3, -0.25) is 4.79 Å². The highest BCUT2D eigenvalue weighted by atomic mass is 16.5. The van der Waals surface area contributed by atoms with Crippen LogP contribution in [0.4, 0.5) is 5.82 Å². The van der Waals surface area contributed by atoms with Crippen molar-refractivity contribution in [2.75, 3.05) is 18.0 Å². The van der Waals surface area contributed by atoms with E-state index >= 15 is 0 Å². The molecule has 0 radical (unpaired) electrons. The number of fused-ring (bicyclic) bond motifs is 1. The largest absolute Gasteiger partial charge is 0.372 e. The first-order chi connectivity index (χ1) is 12.5. The first-order valence-corrected chi connectivity index (χ1v) is 8.66. The minimum Gasteiger partial charge on any atom is -0.372 e. The molecule has 1 saturated heterocycles. The van der Waals surface area contributed by atoms with Crippen molar-refractivity contribution in [1.29, 1.82) is 0 Å². The Balaban J connectivity index is 1.76. The molecule has 1 fully saturated rings. The van der Waals surface area contributed by atoms with Crippen molar-refractivity contribution < 1.29 is 9.53 Å². The van der Waals surface area contributed by atoms with E-state index in [-0.39, 0.29) is 12.2 Å². The highest BCUT2D eigenvalue weighted by molar-refractivity contribution is 5.94. The zero-order valence-corrected chi connectivity index (χ0v) is 14.8. The molecule has 2 aromatic heterocycles. The number of imidazole rings is 1. The van der Waals surface area contributed by atoms with Gasteiger partial charge in [0.15, 0.2) is 5.65 Å². The van der Waals surface area contributed by atoms with Crippen LogP contribution in [0.1, 0.15) is 24.2 Å². The lowest BCUT2D eigenvalue weighted by atomic mass is 10.1. The lowest BCUT2D eigenvalue weighted by molar-refractivity contribution is -0.00551. The summed E-state index contributed by atoms with van der Waals surface area (Å²) in [6, 6.07) is 11.1. The van der Waals surface area contributed by atoms with E-state index in [0.717, 1.165) is 35.8 Å². The summed E-state index contributed by atoms with van der Waals surface area (Å²) in [4.78, 5) is 18.1. The van der Waals surface area contributed by atoms with Crippen LogP contribution in [0.3, 0.4) is 0 Å². The van der Waals surface area contributed by atoms with Gasteiger partial charge in [0.2, 0.25) is 5.91 Å². The maximum atomic E-state index is 11.5. The molecule has 0 aliphatic carbocycles. The number of hydrogen-bond acceptors (Lipinski definition) is 5. The number of nitrogens with zero attached hydrogens (tertiary/aromatic N) is 4. The Kier molecular flexibility index (Phi) is 4.08. The number of morpholine rings is 1. The van der Waals surface area contributed by atoms with Gasteiger partial charge in [-0.05, 0) is 38.1 Å². The molecule has 2 N–H and O–H groups in total. The van der Waals surface area contributed by atoms with Gasteiger partial charge in [-0.15, -0.1) is 5.10 Å². The Morgan fingerprint density at radius 3 is 2.69 bits per heavy atom. The number of ether oxygens (including phenoxy) is 1. The smallest absolute Gasteiger partial charge is 0.248 e. The molecule has 1 aliphatic heterocycles. The number of primary amides is 1. The molecule has 0 bridgehead atoms. The minimum atomic E-state index is -0.453. The van der Waals surface area contributed by atoms with Crippen LogP contribution in [0.25, 0.3) is 16.9 Å². The molecule has 7 nitrogen and oxygen atoms in total. The number of carbonyl (C=O) groups excluding carboxylic acids is 1. The van der Waals surface area contributed by atoms with Crippen LogP contribution in [-0.4, -0.2) is 45.8 Å². The van der Waals surface area contributed by atoms with Gasteiger partial charge in [-0.1, -0.05) is 12.1 Å². The molecule has 3 heterocycles. The molecule has 26 heavy (non-hydrogen) atoms. The second kappa shape index (κ2) is 6.42. The predicted octanol–water partition coefficient (Wildman–Crippen LogP) is 2.11. The van der Waals surface area contributed by atoms with E-state index in [0.29, 0.717) is 5.56 Å². The molecule has 1 aromatic carbocycles. The van der Waals surface area contributed by atoms with Crippen LogP contribution in [0.2, 0.25) is 0 Å². The molecule has 1 aliphatic rings. The first-order valence-electron chi connectivity index (χ1n) is 8.66. The van der Waals surface area contributed by atoms with Crippen LogP contribution in [-0.2, 0) is 4.74 Å². The van der Waals surface area contributed by atoms with E-state index in [4.69, 9.17) is 15.6 Å². The predicted molar refractivity (Wildman–Crippen MR) is 99.2 cm³/mol. The second-order valence-electron chi connectivity index (χ2n) is 6.71. The number of amides is 1. The van der Waals surface area contributed by atoms with Gasteiger partial charge in [-0.2, -0.15) is 0 Å². The van der Waals surface area contributed by atoms with Crippen molar-refractivity contribution in [2.24, 2.45) is 5.73 Å². The molecule has 4 rings (SSSR count). The third kappa shape index (κ3) is 3.01. The zero-order valence-electron chi connectivity index (χ0n) is 14.8. The van der Waals surface area contributed by atoms with Crippen LogP contribution >= 0.6 is 0 Å². The average molecular weight is 351 g/mol. The summed E-state index contributed by atoms with van der Waals surface area (Å²) in [7, 11) is 0. The number of nitrogens with two attached hydrogens (primary N) is 1. The van der Waals surface area contributed by atoms with Crippen molar-refractivity contribution >= 4 is 17.4 Å². The fourth-order valence-corrected chi connectivity index (χ4v) is 3.43. The van der Waals surface area contributed by atoms with E-state index in [1.165, 1.54) is 0 Å². The van der Waals surface area contributed by atoms with Crippen molar-refractivity contribution in [1.82, 2.24) is 14.6 Å². The van der Waals surface area contributed by atoms with Gasteiger partial charge >= 0.3 is 0 Å². The summed E-state index contributed by atoms with van der Waals surface area (Å²) < 4.78 is 7.61. The molecule has 0 unspecified atom stereocenters. The third-order valence-corrected chi connectivity index (χ3v) is 4.53. The molecule has 3 aromatic rings. The van der Waals surface area contributed by atoms with Gasteiger partial charge in [-0.25, -0.2) is 9.50 Å². The summed E-state index contributed by atoms with van der Waals surface area (Å²) >= 11 is 0. The SMILES string of the molecule is C[C@@H]1CN(c2ccc3ncc(-c4cccc(C(N)=O)c4)n3n2)C[C@H](C)O1. The van der Waals surface area contributed by atoms with Crippen molar-refractivity contribution in [3.63, 3.8) is 0 Å². The highest BCUT2D eigenvalue weighted by Gasteiger charge is 2.23. The van der Waals surface area contributed by atoms with Crippen LogP contribution < -0.4 is 10.6 Å². The van der Waals surface area contributed by atoms with Gasteiger partial charge < -0.3 is 15.4 Å². The van der Waals surface area contributed by atoms with E-state index in [9.17, 15) is 4.79 Å². The van der Waals surface area contributed by atoms with Crippen LogP contribution in [0, 0.1) is 0 Å². The highest BCUT2D eigenvalue weighted by Crippen LogP contribution is 2.24. The topological polar surface area (TPSA) is 85.8 Å². The Labute approximate surface area is 151 Å². The average Bonchev–Trinajstić information content (AvgIpc) is 3.04. The molecule has 7 heteroatoms. The van der Waals surface area contributed by atoms with Crippen molar-refractivity contribution in [2.45, 2.75) is 26.1 Å². The summed E-state index contributed by atoms with van der Waals surface area (Å²) in [6.07, 6.45) is 2.08. The molecular formula is C19H21N5O2. The Morgan fingerprint density at radius 1 is 1.19 bits per heavy atom. The molecular weight excluding hydrogens is 330 g/mol. The monoisotopic (exact) mass is 351 g/mol. The van der Waals surface area contributed by atoms with Gasteiger partial charge in [0.1, 0.15) is 5.82 Å². The van der Waals surface area contributed by atoms with Crippen LogP contribution in [0.15, 0.2) is 42.6 Å². The summed E-state index contributed by atoms with van der Waals surface area (Å²) in [5.74, 6) is 0.426. The maximum Gasteiger partial charge on any atom is 0.248 e. The molecule has 134 valence electrons. The lowest BCUT2D eigenvalue weighted by Gasteiger charge is -2.35. The van der Waals surface area contributed by atoms with E-state index in [1.54, 1.807) is 22.8 Å². The number of hydrogen-bond donors (Lipinski definition) is 1. The summed E-state index contributed by atoms with van der Waals surface area (Å²) in [6.45, 7) is 5.73. The Bertz CT molecular complexity index is 957.